The van der Waals surface area contributed by atoms with Gasteiger partial charge in [-0.05, 0) is 150 Å². The zero-order chi connectivity index (χ0) is 44.4. The van der Waals surface area contributed by atoms with Gasteiger partial charge in [0.05, 0.1) is 7.11 Å². The van der Waals surface area contributed by atoms with Crippen LogP contribution in [0.5, 0.6) is 0 Å². The highest BCUT2D eigenvalue weighted by molar-refractivity contribution is 6.01. The number of hydrogen-bond donors (Lipinski definition) is 2. The molecular weight excluding hydrogens is 809 g/mol. The number of pyridine rings is 2. The first-order chi connectivity index (χ1) is 31.2. The van der Waals surface area contributed by atoms with Gasteiger partial charge in [0.25, 0.3) is 23.6 Å². The fourth-order valence-electron chi connectivity index (χ4n) is 10.7. The van der Waals surface area contributed by atoms with Gasteiger partial charge in [0.1, 0.15) is 28.8 Å². The number of carbonyl (C=O) groups is 5. The molecule has 342 valence electrons. The summed E-state index contributed by atoms with van der Waals surface area (Å²) in [5, 5.41) is 5.97. The Balaban J connectivity index is 1.14. The van der Waals surface area contributed by atoms with Crippen LogP contribution in [0.15, 0.2) is 54.6 Å². The lowest BCUT2D eigenvalue weighted by atomic mass is 9.84. The second-order valence-electron chi connectivity index (χ2n) is 18.6. The number of aryl methyl sites for hydroxylation is 1. The number of esters is 1. The van der Waals surface area contributed by atoms with Crippen LogP contribution in [-0.4, -0.2) is 143 Å². The third-order valence-corrected chi connectivity index (χ3v) is 14.1. The number of rotatable bonds is 16. The van der Waals surface area contributed by atoms with E-state index in [-0.39, 0.29) is 52.6 Å². The van der Waals surface area contributed by atoms with Crippen LogP contribution in [-0.2, 0) is 16.0 Å². The highest BCUT2D eigenvalue weighted by atomic mass is 16.5. The van der Waals surface area contributed by atoms with Crippen LogP contribution >= 0.6 is 0 Å². The number of benzene rings is 1. The number of aromatic nitrogens is 2. The van der Waals surface area contributed by atoms with Crippen LogP contribution in [0.2, 0.25) is 0 Å². The SMILES string of the molecule is COC(=O)C(NC(=O)c1cc(-c2cc(C(=O)NCCCc3ccccc3)nc(C(=O)N3CCCC3CN3CCCC3)c2)cc(C(=O)N2CCCC2CN2CCCC2)n1)C1CCCCC1. The van der Waals surface area contributed by atoms with E-state index in [1.165, 1.54) is 12.7 Å². The summed E-state index contributed by atoms with van der Waals surface area (Å²) in [6.07, 6.45) is 14.2. The predicted octanol–water partition coefficient (Wildman–Crippen LogP) is 5.76. The lowest BCUT2D eigenvalue weighted by Gasteiger charge is -2.29. The van der Waals surface area contributed by atoms with E-state index in [1.54, 1.807) is 24.3 Å². The molecule has 0 bridgehead atoms. The van der Waals surface area contributed by atoms with Gasteiger partial charge in [0.2, 0.25) is 0 Å². The van der Waals surface area contributed by atoms with Crippen molar-refractivity contribution in [2.24, 2.45) is 5.92 Å². The van der Waals surface area contributed by atoms with Crippen molar-refractivity contribution in [3.05, 3.63) is 82.9 Å². The molecule has 0 radical (unpaired) electrons. The minimum absolute atomic E-state index is 0.0136. The van der Waals surface area contributed by atoms with Gasteiger partial charge in [0.15, 0.2) is 0 Å². The van der Waals surface area contributed by atoms with Gasteiger partial charge in [-0.2, -0.15) is 0 Å². The van der Waals surface area contributed by atoms with E-state index in [0.29, 0.717) is 37.2 Å². The minimum Gasteiger partial charge on any atom is -0.467 e. The normalized spacial score (nSPS) is 21.3. The van der Waals surface area contributed by atoms with E-state index in [1.807, 2.05) is 28.0 Å². The first kappa shape index (κ1) is 45.4. The number of amides is 4. The zero-order valence-electron chi connectivity index (χ0n) is 37.6. The van der Waals surface area contributed by atoms with E-state index >= 15 is 0 Å². The summed E-state index contributed by atoms with van der Waals surface area (Å²) in [6.45, 7) is 7.25. The lowest BCUT2D eigenvalue weighted by molar-refractivity contribution is -0.144. The largest absolute Gasteiger partial charge is 0.467 e. The van der Waals surface area contributed by atoms with Crippen LogP contribution < -0.4 is 10.6 Å². The van der Waals surface area contributed by atoms with Crippen LogP contribution in [0.3, 0.4) is 0 Å². The van der Waals surface area contributed by atoms with Crippen molar-refractivity contribution < 1.29 is 28.7 Å². The average Bonchev–Trinajstić information content (AvgIpc) is 4.20. The number of nitrogens with one attached hydrogen (secondary N) is 2. The maximum atomic E-state index is 14.7. The fourth-order valence-corrected chi connectivity index (χ4v) is 10.7. The Morgan fingerprint density at radius 2 is 1.14 bits per heavy atom. The molecule has 0 spiro atoms. The monoisotopic (exact) mass is 875 g/mol. The van der Waals surface area contributed by atoms with Gasteiger partial charge in [0, 0.05) is 44.8 Å². The molecule has 4 amide bonds. The maximum Gasteiger partial charge on any atom is 0.328 e. The third kappa shape index (κ3) is 11.2. The van der Waals surface area contributed by atoms with Crippen molar-refractivity contribution >= 4 is 29.6 Å². The molecule has 3 unspecified atom stereocenters. The smallest absolute Gasteiger partial charge is 0.328 e. The summed E-state index contributed by atoms with van der Waals surface area (Å²) in [7, 11) is 1.32. The maximum absolute atomic E-state index is 14.7. The molecule has 2 aromatic heterocycles. The summed E-state index contributed by atoms with van der Waals surface area (Å²) in [6, 6.07) is 15.8. The van der Waals surface area contributed by atoms with E-state index in [4.69, 9.17) is 14.7 Å². The summed E-state index contributed by atoms with van der Waals surface area (Å²) in [4.78, 5) is 88.9. The Hall–Kier alpha value is -5.21. The second-order valence-corrected chi connectivity index (χ2v) is 18.6. The molecular formula is C50H66N8O6. The van der Waals surface area contributed by atoms with Crippen LogP contribution in [0.25, 0.3) is 11.1 Å². The summed E-state index contributed by atoms with van der Waals surface area (Å²) < 4.78 is 5.18. The molecule has 1 aliphatic carbocycles. The number of carbonyl (C=O) groups excluding carboxylic acids is 5. The van der Waals surface area contributed by atoms with Gasteiger partial charge in [-0.3, -0.25) is 19.2 Å². The quantitative estimate of drug-likeness (QED) is 0.134. The van der Waals surface area contributed by atoms with Crippen molar-refractivity contribution in [1.29, 1.82) is 0 Å². The second kappa shape index (κ2) is 21.6. The van der Waals surface area contributed by atoms with Crippen molar-refractivity contribution in [3.8, 4) is 11.1 Å². The molecule has 4 aliphatic heterocycles. The molecule has 6 heterocycles. The molecule has 5 fully saturated rings. The minimum atomic E-state index is -0.873. The molecule has 1 saturated carbocycles. The molecule has 64 heavy (non-hydrogen) atoms. The van der Waals surface area contributed by atoms with Gasteiger partial charge in [-0.1, -0.05) is 49.6 Å². The van der Waals surface area contributed by atoms with Crippen molar-refractivity contribution in [2.75, 3.05) is 66.0 Å². The summed E-state index contributed by atoms with van der Waals surface area (Å²) in [5.74, 6) is -2.16. The lowest BCUT2D eigenvalue weighted by Crippen LogP contribution is -2.47. The van der Waals surface area contributed by atoms with E-state index in [2.05, 4.69) is 32.6 Å². The topological polar surface area (TPSA) is 157 Å². The molecule has 2 N–H and O–H groups in total. The zero-order valence-corrected chi connectivity index (χ0v) is 37.6. The molecule has 8 rings (SSSR count). The van der Waals surface area contributed by atoms with E-state index in [9.17, 15) is 24.0 Å². The van der Waals surface area contributed by atoms with Gasteiger partial charge < -0.3 is 35.0 Å². The Morgan fingerprint density at radius 1 is 0.625 bits per heavy atom. The van der Waals surface area contributed by atoms with E-state index < -0.39 is 23.8 Å². The van der Waals surface area contributed by atoms with Crippen LogP contribution in [0.4, 0.5) is 0 Å². The number of methoxy groups -OCH3 is 1. The molecule has 3 atom stereocenters. The van der Waals surface area contributed by atoms with Crippen molar-refractivity contribution in [1.82, 2.24) is 40.2 Å². The number of hydrogen-bond acceptors (Lipinski definition) is 10. The average molecular weight is 875 g/mol. The Bertz CT molecular complexity index is 2120. The number of likely N-dealkylation sites (tertiary alicyclic amines) is 4. The van der Waals surface area contributed by atoms with Crippen molar-refractivity contribution in [2.45, 2.75) is 114 Å². The highest BCUT2D eigenvalue weighted by Gasteiger charge is 2.36. The van der Waals surface area contributed by atoms with Crippen LogP contribution in [0.1, 0.15) is 137 Å². The molecule has 14 heteroatoms. The summed E-state index contributed by atoms with van der Waals surface area (Å²) >= 11 is 0. The first-order valence-electron chi connectivity index (χ1n) is 24.1. The molecule has 3 aromatic rings. The van der Waals surface area contributed by atoms with Gasteiger partial charge >= 0.3 is 5.97 Å². The predicted molar refractivity (Wildman–Crippen MR) is 244 cm³/mol. The molecule has 1 aromatic carbocycles. The van der Waals surface area contributed by atoms with Gasteiger partial charge in [-0.15, -0.1) is 0 Å². The molecule has 14 nitrogen and oxygen atoms in total. The van der Waals surface area contributed by atoms with Crippen LogP contribution in [0, 0.1) is 5.92 Å². The van der Waals surface area contributed by atoms with E-state index in [0.717, 1.165) is 129 Å². The number of ether oxygens (including phenoxy) is 1. The summed E-state index contributed by atoms with van der Waals surface area (Å²) in [5.41, 5.74) is 2.32. The third-order valence-electron chi connectivity index (χ3n) is 14.1. The first-order valence-corrected chi connectivity index (χ1v) is 24.1. The Labute approximate surface area is 377 Å². The molecule has 5 aliphatic rings. The number of nitrogens with zero attached hydrogens (tertiary/aromatic N) is 6. The van der Waals surface area contributed by atoms with Crippen molar-refractivity contribution in [3.63, 3.8) is 0 Å². The standard InChI is InChI=1S/C50H66N8O6/c1-64-50(63)45(36-18-6-3-7-19-36)54-47(60)42-30-38(32-44(53-42)49(62)58-28-14-21-40(58)34-56-25-10-11-26-56)37-29-41(46(59)51-22-12-17-35-15-4-2-5-16-35)52-43(31-37)48(61)57-27-13-20-39(57)33-55-23-8-9-24-55/h2,4-5,15-16,29-32,36,39-40,45H,3,6-14,17-28,33-34H2,1H3,(H,51,59)(H,54,60). The highest BCUT2D eigenvalue weighted by Crippen LogP contribution is 2.30. The Morgan fingerprint density at radius 3 is 1.67 bits per heavy atom. The van der Waals surface area contributed by atoms with Gasteiger partial charge in [-0.25, -0.2) is 14.8 Å². The molecule has 4 saturated heterocycles. The Kier molecular flexibility index (Phi) is 15.3. The fraction of sp³-hybridized carbons (Fsp3) is 0.580.